The van der Waals surface area contributed by atoms with E-state index in [0.717, 1.165) is 32.1 Å². The molecular weight excluding hydrogens is 228 g/mol. The molecule has 2 N–H and O–H groups in total. The van der Waals surface area contributed by atoms with Gasteiger partial charge in [0.05, 0.1) is 12.0 Å². The summed E-state index contributed by atoms with van der Waals surface area (Å²) in [5.41, 5.74) is 5.57. The van der Waals surface area contributed by atoms with E-state index in [1.807, 2.05) is 4.90 Å². The number of nitrogens with two attached hydrogens (primary N) is 1. The van der Waals surface area contributed by atoms with Gasteiger partial charge >= 0.3 is 0 Å². The Labute approximate surface area is 111 Å². The molecule has 1 fully saturated rings. The van der Waals surface area contributed by atoms with Crippen LogP contribution in [0.5, 0.6) is 0 Å². The molecule has 106 valence electrons. The van der Waals surface area contributed by atoms with Crippen LogP contribution in [0.1, 0.15) is 46.0 Å². The second-order valence-electron chi connectivity index (χ2n) is 5.30. The highest BCUT2D eigenvalue weighted by molar-refractivity contribution is 5.84. The van der Waals surface area contributed by atoms with Crippen LogP contribution < -0.4 is 5.73 Å². The summed E-state index contributed by atoms with van der Waals surface area (Å²) in [6.45, 7) is 6.04. The monoisotopic (exact) mass is 256 g/mol. The van der Waals surface area contributed by atoms with E-state index in [0.29, 0.717) is 25.7 Å². The fourth-order valence-corrected chi connectivity index (χ4v) is 2.78. The molecule has 0 aromatic heterocycles. The predicted molar refractivity (Wildman–Crippen MR) is 73.3 cm³/mol. The molecule has 0 atom stereocenters. The van der Waals surface area contributed by atoms with E-state index in [4.69, 9.17) is 10.5 Å². The van der Waals surface area contributed by atoms with Crippen molar-refractivity contribution in [1.29, 1.82) is 0 Å². The highest BCUT2D eigenvalue weighted by Crippen LogP contribution is 2.42. The molecule has 18 heavy (non-hydrogen) atoms. The van der Waals surface area contributed by atoms with Crippen molar-refractivity contribution >= 4 is 5.91 Å². The molecule has 0 aliphatic heterocycles. The molecule has 0 heterocycles. The van der Waals surface area contributed by atoms with Gasteiger partial charge < -0.3 is 15.4 Å². The van der Waals surface area contributed by atoms with Crippen LogP contribution in [0.15, 0.2) is 0 Å². The van der Waals surface area contributed by atoms with Gasteiger partial charge in [0.15, 0.2) is 0 Å². The van der Waals surface area contributed by atoms with Crippen LogP contribution in [0.25, 0.3) is 0 Å². The highest BCUT2D eigenvalue weighted by atomic mass is 16.5. The normalized spacial score (nSPS) is 17.6. The summed E-state index contributed by atoms with van der Waals surface area (Å²) in [4.78, 5) is 14.7. The average molecular weight is 256 g/mol. The van der Waals surface area contributed by atoms with Gasteiger partial charge in [-0.3, -0.25) is 4.79 Å². The van der Waals surface area contributed by atoms with Gasteiger partial charge in [0.25, 0.3) is 0 Å². The van der Waals surface area contributed by atoms with Crippen molar-refractivity contribution in [3.8, 4) is 0 Å². The lowest BCUT2D eigenvalue weighted by molar-refractivity contribution is -0.150. The molecular formula is C14H28N2O2. The third kappa shape index (κ3) is 3.04. The van der Waals surface area contributed by atoms with Crippen molar-refractivity contribution in [3.05, 3.63) is 0 Å². The molecule has 4 nitrogen and oxygen atoms in total. The van der Waals surface area contributed by atoms with Crippen LogP contribution in [0.2, 0.25) is 0 Å². The van der Waals surface area contributed by atoms with E-state index in [1.54, 1.807) is 7.11 Å². The summed E-state index contributed by atoms with van der Waals surface area (Å²) in [6, 6.07) is 0.316. The molecule has 0 aromatic rings. The number of carbonyl (C=O) groups is 1. The summed E-state index contributed by atoms with van der Waals surface area (Å²) in [5.74, 6) is 0.252. The van der Waals surface area contributed by atoms with Gasteiger partial charge in [0.2, 0.25) is 5.91 Å². The Morgan fingerprint density at radius 2 is 2.00 bits per heavy atom. The van der Waals surface area contributed by atoms with Crippen LogP contribution in [-0.2, 0) is 9.53 Å². The molecule has 0 bridgehead atoms. The van der Waals surface area contributed by atoms with E-state index in [2.05, 4.69) is 13.8 Å². The summed E-state index contributed by atoms with van der Waals surface area (Å²) in [6.07, 6.45) is 5.01. The van der Waals surface area contributed by atoms with E-state index < -0.39 is 0 Å². The smallest absolute Gasteiger partial charge is 0.230 e. The Bertz CT molecular complexity index is 255. The molecule has 0 aromatic carbocycles. The van der Waals surface area contributed by atoms with Crippen LogP contribution in [0.4, 0.5) is 0 Å². The molecule has 1 amide bonds. The van der Waals surface area contributed by atoms with Crippen LogP contribution >= 0.6 is 0 Å². The van der Waals surface area contributed by atoms with Crippen LogP contribution in [-0.4, -0.2) is 43.7 Å². The molecule has 0 unspecified atom stereocenters. The molecule has 1 rings (SSSR count). The SMILES string of the molecule is CCC(CC)N(CCOC)C(=O)C1(CN)CCC1. The molecule has 1 saturated carbocycles. The molecule has 0 radical (unpaired) electrons. The summed E-state index contributed by atoms with van der Waals surface area (Å²) >= 11 is 0. The molecule has 1 aliphatic carbocycles. The Morgan fingerprint density at radius 3 is 2.33 bits per heavy atom. The van der Waals surface area contributed by atoms with Crippen molar-refractivity contribution in [2.45, 2.75) is 52.0 Å². The highest BCUT2D eigenvalue weighted by Gasteiger charge is 2.45. The maximum Gasteiger partial charge on any atom is 0.230 e. The number of amides is 1. The molecule has 0 saturated heterocycles. The Morgan fingerprint density at radius 1 is 1.39 bits per heavy atom. The van der Waals surface area contributed by atoms with Crippen molar-refractivity contribution < 1.29 is 9.53 Å². The van der Waals surface area contributed by atoms with Crippen LogP contribution in [0, 0.1) is 5.41 Å². The standard InChI is InChI=1S/C14H28N2O2/c1-4-12(5-2)16(9-10-18-3)13(17)14(11-15)7-6-8-14/h12H,4-11,15H2,1-3H3. The lowest BCUT2D eigenvalue weighted by atomic mass is 9.67. The largest absolute Gasteiger partial charge is 0.383 e. The van der Waals surface area contributed by atoms with Crippen molar-refractivity contribution in [3.63, 3.8) is 0 Å². The van der Waals surface area contributed by atoms with Gasteiger partial charge in [-0.2, -0.15) is 0 Å². The van der Waals surface area contributed by atoms with Gasteiger partial charge in [0.1, 0.15) is 0 Å². The lowest BCUT2D eigenvalue weighted by Crippen LogP contribution is -2.55. The summed E-state index contributed by atoms with van der Waals surface area (Å²) in [7, 11) is 1.68. The van der Waals surface area contributed by atoms with Gasteiger partial charge in [-0.05, 0) is 25.7 Å². The minimum atomic E-state index is -0.268. The summed E-state index contributed by atoms with van der Waals surface area (Å²) < 4.78 is 5.13. The minimum absolute atomic E-state index is 0.252. The predicted octanol–water partition coefficient (Wildman–Crippen LogP) is 1.78. The number of hydrogen-bond donors (Lipinski definition) is 1. The number of ether oxygens (including phenoxy) is 1. The molecule has 4 heteroatoms. The molecule has 1 aliphatic rings. The van der Waals surface area contributed by atoms with Crippen molar-refractivity contribution in [2.24, 2.45) is 11.1 Å². The fourth-order valence-electron chi connectivity index (χ4n) is 2.78. The maximum absolute atomic E-state index is 12.7. The topological polar surface area (TPSA) is 55.6 Å². The van der Waals surface area contributed by atoms with E-state index in [-0.39, 0.29) is 11.3 Å². The number of hydrogen-bond acceptors (Lipinski definition) is 3. The minimum Gasteiger partial charge on any atom is -0.383 e. The Balaban J connectivity index is 2.77. The van der Waals surface area contributed by atoms with Gasteiger partial charge in [-0.15, -0.1) is 0 Å². The van der Waals surface area contributed by atoms with Gasteiger partial charge in [-0.25, -0.2) is 0 Å². The van der Waals surface area contributed by atoms with Crippen molar-refractivity contribution in [2.75, 3.05) is 26.8 Å². The number of carbonyl (C=O) groups excluding carboxylic acids is 1. The maximum atomic E-state index is 12.7. The Kier molecular flexibility index (Phi) is 6.09. The first-order chi connectivity index (χ1) is 8.65. The van der Waals surface area contributed by atoms with Gasteiger partial charge in [0, 0.05) is 26.2 Å². The lowest BCUT2D eigenvalue weighted by Gasteiger charge is -2.45. The first kappa shape index (κ1) is 15.4. The second-order valence-corrected chi connectivity index (χ2v) is 5.30. The third-order valence-electron chi connectivity index (χ3n) is 4.34. The Hall–Kier alpha value is -0.610. The molecule has 0 spiro atoms. The van der Waals surface area contributed by atoms with E-state index >= 15 is 0 Å². The first-order valence-corrected chi connectivity index (χ1v) is 7.15. The quantitative estimate of drug-likeness (QED) is 0.720. The second kappa shape index (κ2) is 7.10. The zero-order valence-corrected chi connectivity index (χ0v) is 12.1. The number of rotatable bonds is 8. The van der Waals surface area contributed by atoms with E-state index in [1.165, 1.54) is 0 Å². The average Bonchev–Trinajstić information content (AvgIpc) is 2.33. The number of methoxy groups -OCH3 is 1. The number of nitrogens with zero attached hydrogens (tertiary/aromatic N) is 1. The zero-order valence-electron chi connectivity index (χ0n) is 12.1. The third-order valence-corrected chi connectivity index (χ3v) is 4.34. The fraction of sp³-hybridized carbons (Fsp3) is 0.929. The van der Waals surface area contributed by atoms with Crippen LogP contribution in [0.3, 0.4) is 0 Å². The van der Waals surface area contributed by atoms with E-state index in [9.17, 15) is 4.79 Å². The van der Waals surface area contributed by atoms with Crippen molar-refractivity contribution in [1.82, 2.24) is 4.90 Å². The summed E-state index contributed by atoms with van der Waals surface area (Å²) in [5, 5.41) is 0. The first-order valence-electron chi connectivity index (χ1n) is 7.15. The van der Waals surface area contributed by atoms with Gasteiger partial charge in [-0.1, -0.05) is 20.3 Å². The zero-order chi connectivity index (χ0) is 13.6.